The Hall–Kier alpha value is -1.65. The van der Waals surface area contributed by atoms with E-state index in [1.807, 2.05) is 35.0 Å². The number of rotatable bonds is 7. The van der Waals surface area contributed by atoms with E-state index in [0.717, 1.165) is 17.8 Å². The summed E-state index contributed by atoms with van der Waals surface area (Å²) in [6.45, 7) is 11.5. The quantitative estimate of drug-likeness (QED) is 0.819. The van der Waals surface area contributed by atoms with Gasteiger partial charge in [0.1, 0.15) is 0 Å². The predicted molar refractivity (Wildman–Crippen MR) is 94.4 cm³/mol. The van der Waals surface area contributed by atoms with Crippen molar-refractivity contribution in [2.75, 3.05) is 0 Å². The standard InChI is InChI=1S/C19H29N3O/c1-6-22-16(5)19(15(4)21-22)14(3)20-13(2)12-18(23)17-10-8-7-9-11-17/h7-11,13-14,18,20,23H,6,12H2,1-5H3. The van der Waals surface area contributed by atoms with Crippen molar-refractivity contribution in [1.82, 2.24) is 15.1 Å². The Labute approximate surface area is 139 Å². The van der Waals surface area contributed by atoms with Crippen LogP contribution in [0.4, 0.5) is 0 Å². The molecule has 3 atom stereocenters. The molecule has 0 fully saturated rings. The summed E-state index contributed by atoms with van der Waals surface area (Å²) in [6, 6.07) is 10.3. The van der Waals surface area contributed by atoms with Gasteiger partial charge in [0.25, 0.3) is 0 Å². The number of aliphatic hydroxyl groups is 1. The Bertz CT molecular complexity index is 621. The highest BCUT2D eigenvalue weighted by molar-refractivity contribution is 5.28. The zero-order valence-corrected chi connectivity index (χ0v) is 14.9. The van der Waals surface area contributed by atoms with Gasteiger partial charge in [-0.2, -0.15) is 5.10 Å². The first-order chi connectivity index (χ1) is 10.9. The number of aliphatic hydroxyl groups excluding tert-OH is 1. The van der Waals surface area contributed by atoms with Gasteiger partial charge in [0, 0.05) is 29.9 Å². The van der Waals surface area contributed by atoms with E-state index >= 15 is 0 Å². The molecule has 2 N–H and O–H groups in total. The first kappa shape index (κ1) is 17.7. The first-order valence-electron chi connectivity index (χ1n) is 8.47. The molecule has 2 aromatic rings. The lowest BCUT2D eigenvalue weighted by Gasteiger charge is -2.23. The van der Waals surface area contributed by atoms with Crippen molar-refractivity contribution in [2.24, 2.45) is 0 Å². The number of nitrogens with one attached hydrogen (secondary N) is 1. The normalized spacial score (nSPS) is 15.4. The summed E-state index contributed by atoms with van der Waals surface area (Å²) in [7, 11) is 0. The van der Waals surface area contributed by atoms with Crippen molar-refractivity contribution < 1.29 is 5.11 Å². The Morgan fingerprint density at radius 3 is 2.39 bits per heavy atom. The van der Waals surface area contributed by atoms with Gasteiger partial charge < -0.3 is 10.4 Å². The Morgan fingerprint density at radius 1 is 1.17 bits per heavy atom. The van der Waals surface area contributed by atoms with Crippen LogP contribution < -0.4 is 5.32 Å². The Kier molecular flexibility index (Phi) is 5.97. The summed E-state index contributed by atoms with van der Waals surface area (Å²) >= 11 is 0. The highest BCUT2D eigenvalue weighted by Crippen LogP contribution is 2.24. The molecular weight excluding hydrogens is 286 g/mol. The number of aryl methyl sites for hydroxylation is 2. The topological polar surface area (TPSA) is 50.1 Å². The highest BCUT2D eigenvalue weighted by Gasteiger charge is 2.20. The molecule has 0 bridgehead atoms. The summed E-state index contributed by atoms with van der Waals surface area (Å²) in [6.07, 6.45) is 0.250. The van der Waals surface area contributed by atoms with Crippen molar-refractivity contribution in [3.05, 3.63) is 52.8 Å². The average Bonchev–Trinajstić information content (AvgIpc) is 2.82. The van der Waals surface area contributed by atoms with Crippen LogP contribution in [0.25, 0.3) is 0 Å². The monoisotopic (exact) mass is 315 g/mol. The van der Waals surface area contributed by atoms with Crippen molar-refractivity contribution in [2.45, 2.75) is 65.8 Å². The number of hydrogen-bond acceptors (Lipinski definition) is 3. The predicted octanol–water partition coefficient (Wildman–Crippen LogP) is 3.68. The molecule has 3 unspecified atom stereocenters. The van der Waals surface area contributed by atoms with Crippen LogP contribution in [0.15, 0.2) is 30.3 Å². The minimum absolute atomic E-state index is 0.212. The van der Waals surface area contributed by atoms with Gasteiger partial charge >= 0.3 is 0 Å². The molecule has 126 valence electrons. The molecular formula is C19H29N3O. The van der Waals surface area contributed by atoms with Crippen molar-refractivity contribution >= 4 is 0 Å². The molecule has 2 rings (SSSR count). The van der Waals surface area contributed by atoms with Crippen molar-refractivity contribution in [1.29, 1.82) is 0 Å². The van der Waals surface area contributed by atoms with Crippen molar-refractivity contribution in [3.63, 3.8) is 0 Å². The van der Waals surface area contributed by atoms with E-state index in [1.54, 1.807) is 0 Å². The number of hydrogen-bond donors (Lipinski definition) is 2. The molecule has 0 spiro atoms. The molecule has 23 heavy (non-hydrogen) atoms. The Balaban J connectivity index is 2.00. The summed E-state index contributed by atoms with van der Waals surface area (Å²) < 4.78 is 2.05. The zero-order valence-electron chi connectivity index (χ0n) is 14.9. The molecule has 4 nitrogen and oxygen atoms in total. The molecule has 1 aromatic heterocycles. The van der Waals surface area contributed by atoms with Crippen LogP contribution in [0.1, 0.15) is 61.9 Å². The van der Waals surface area contributed by atoms with Gasteiger partial charge in [0.2, 0.25) is 0 Å². The van der Waals surface area contributed by atoms with E-state index in [2.05, 4.69) is 45.0 Å². The van der Waals surface area contributed by atoms with Crippen molar-refractivity contribution in [3.8, 4) is 0 Å². The van der Waals surface area contributed by atoms with Crippen LogP contribution in [0.5, 0.6) is 0 Å². The maximum Gasteiger partial charge on any atom is 0.0804 e. The fourth-order valence-corrected chi connectivity index (χ4v) is 3.37. The van der Waals surface area contributed by atoms with E-state index in [9.17, 15) is 5.11 Å². The zero-order chi connectivity index (χ0) is 17.0. The smallest absolute Gasteiger partial charge is 0.0804 e. The van der Waals surface area contributed by atoms with E-state index in [1.165, 1.54) is 11.3 Å². The summed E-state index contributed by atoms with van der Waals surface area (Å²) in [5, 5.41) is 18.6. The fraction of sp³-hybridized carbons (Fsp3) is 0.526. The SMILES string of the molecule is CCn1nc(C)c(C(C)NC(C)CC(O)c2ccccc2)c1C. The van der Waals surface area contributed by atoms with Gasteiger partial charge in [-0.05, 0) is 46.6 Å². The molecule has 0 saturated carbocycles. The third-order valence-electron chi connectivity index (χ3n) is 4.47. The molecule has 0 saturated heterocycles. The summed E-state index contributed by atoms with van der Waals surface area (Å²) in [5.74, 6) is 0. The Morgan fingerprint density at radius 2 is 1.83 bits per heavy atom. The van der Waals surface area contributed by atoms with Crippen LogP contribution in [0.3, 0.4) is 0 Å². The fourth-order valence-electron chi connectivity index (χ4n) is 3.37. The lowest BCUT2D eigenvalue weighted by molar-refractivity contribution is 0.152. The number of aromatic nitrogens is 2. The lowest BCUT2D eigenvalue weighted by Crippen LogP contribution is -2.31. The second kappa shape index (κ2) is 7.75. The molecule has 0 radical (unpaired) electrons. The third kappa shape index (κ3) is 4.21. The van der Waals surface area contributed by atoms with Crippen LogP contribution in [0, 0.1) is 13.8 Å². The molecule has 0 aliphatic rings. The summed E-state index contributed by atoms with van der Waals surface area (Å²) in [4.78, 5) is 0. The minimum atomic E-state index is -0.438. The molecule has 1 aromatic carbocycles. The minimum Gasteiger partial charge on any atom is -0.388 e. The molecule has 0 aliphatic heterocycles. The van der Waals surface area contributed by atoms with Crippen LogP contribution in [-0.2, 0) is 6.54 Å². The molecule has 0 aliphatic carbocycles. The summed E-state index contributed by atoms with van der Waals surface area (Å²) in [5.41, 5.74) is 4.55. The maximum absolute atomic E-state index is 10.4. The van der Waals surface area contributed by atoms with E-state index < -0.39 is 6.10 Å². The highest BCUT2D eigenvalue weighted by atomic mass is 16.3. The number of benzene rings is 1. The van der Waals surface area contributed by atoms with Crippen LogP contribution in [0.2, 0.25) is 0 Å². The second-order valence-corrected chi connectivity index (χ2v) is 6.35. The van der Waals surface area contributed by atoms with Gasteiger partial charge in [-0.25, -0.2) is 0 Å². The largest absolute Gasteiger partial charge is 0.388 e. The van der Waals surface area contributed by atoms with Crippen LogP contribution >= 0.6 is 0 Å². The number of nitrogens with zero attached hydrogens (tertiary/aromatic N) is 2. The van der Waals surface area contributed by atoms with Gasteiger partial charge in [-0.3, -0.25) is 4.68 Å². The molecule has 0 amide bonds. The van der Waals surface area contributed by atoms with E-state index in [0.29, 0.717) is 6.42 Å². The molecule has 1 heterocycles. The van der Waals surface area contributed by atoms with E-state index in [-0.39, 0.29) is 12.1 Å². The maximum atomic E-state index is 10.4. The lowest BCUT2D eigenvalue weighted by atomic mass is 10.0. The van der Waals surface area contributed by atoms with Gasteiger partial charge in [0.15, 0.2) is 0 Å². The average molecular weight is 315 g/mol. The van der Waals surface area contributed by atoms with E-state index in [4.69, 9.17) is 0 Å². The van der Waals surface area contributed by atoms with Gasteiger partial charge in [-0.15, -0.1) is 0 Å². The van der Waals surface area contributed by atoms with Crippen LogP contribution in [-0.4, -0.2) is 20.9 Å². The third-order valence-corrected chi connectivity index (χ3v) is 4.47. The second-order valence-electron chi connectivity index (χ2n) is 6.35. The van der Waals surface area contributed by atoms with Gasteiger partial charge in [0.05, 0.1) is 11.8 Å². The molecule has 4 heteroatoms. The first-order valence-corrected chi connectivity index (χ1v) is 8.47. The van der Waals surface area contributed by atoms with Gasteiger partial charge in [-0.1, -0.05) is 30.3 Å².